The van der Waals surface area contributed by atoms with Crippen LogP contribution in [0, 0.1) is 0 Å². The maximum absolute atomic E-state index is 12.9. The molecule has 0 radical (unpaired) electrons. The van der Waals surface area contributed by atoms with E-state index in [1.165, 1.54) is 5.56 Å². The lowest BCUT2D eigenvalue weighted by Gasteiger charge is -2.30. The van der Waals surface area contributed by atoms with Crippen molar-refractivity contribution < 1.29 is 9.47 Å². The van der Waals surface area contributed by atoms with Crippen molar-refractivity contribution >= 4 is 11.0 Å². The van der Waals surface area contributed by atoms with Gasteiger partial charge in [0.25, 0.3) is 0 Å². The number of imidazole rings is 1. The molecule has 1 atom stereocenters. The van der Waals surface area contributed by atoms with Crippen molar-refractivity contribution in [1.29, 1.82) is 0 Å². The SMILES string of the molecule is CC1(C)OC[C@H](/C=C/Cn2c(=O)n3c4c(cccc42)C(C)(C)CC3)O1. The lowest BCUT2D eigenvalue weighted by Crippen LogP contribution is -2.31. The molecule has 3 heterocycles. The minimum atomic E-state index is -0.527. The average Bonchev–Trinajstić information content (AvgIpc) is 3.02. The molecule has 0 amide bonds. The van der Waals surface area contributed by atoms with Crippen LogP contribution in [0.25, 0.3) is 11.0 Å². The first-order chi connectivity index (χ1) is 11.8. The lowest BCUT2D eigenvalue weighted by atomic mass is 9.79. The van der Waals surface area contributed by atoms with E-state index in [0.717, 1.165) is 24.0 Å². The van der Waals surface area contributed by atoms with Crippen LogP contribution in [0.15, 0.2) is 35.1 Å². The van der Waals surface area contributed by atoms with E-state index >= 15 is 0 Å². The predicted molar refractivity (Wildman–Crippen MR) is 97.9 cm³/mol. The zero-order valence-electron chi connectivity index (χ0n) is 15.4. The van der Waals surface area contributed by atoms with Crippen molar-refractivity contribution in [2.24, 2.45) is 0 Å². The molecule has 2 aliphatic heterocycles. The van der Waals surface area contributed by atoms with Crippen LogP contribution < -0.4 is 5.69 Å². The van der Waals surface area contributed by atoms with Crippen LogP contribution in [0.1, 0.15) is 39.7 Å². The van der Waals surface area contributed by atoms with E-state index in [2.05, 4.69) is 26.0 Å². The number of rotatable bonds is 3. The van der Waals surface area contributed by atoms with Gasteiger partial charge < -0.3 is 9.47 Å². The van der Waals surface area contributed by atoms with Crippen LogP contribution in [0.3, 0.4) is 0 Å². The molecular formula is C20H26N2O3. The molecule has 5 heteroatoms. The molecular weight excluding hydrogens is 316 g/mol. The molecule has 25 heavy (non-hydrogen) atoms. The van der Waals surface area contributed by atoms with Gasteiger partial charge in [0.15, 0.2) is 5.79 Å². The molecule has 0 unspecified atom stereocenters. The van der Waals surface area contributed by atoms with Gasteiger partial charge in [-0.1, -0.05) is 38.1 Å². The number of allylic oxidation sites excluding steroid dienone is 1. The van der Waals surface area contributed by atoms with E-state index < -0.39 is 5.79 Å². The maximum Gasteiger partial charge on any atom is 0.329 e. The maximum atomic E-state index is 12.9. The Morgan fingerprint density at radius 3 is 2.80 bits per heavy atom. The summed E-state index contributed by atoms with van der Waals surface area (Å²) in [5, 5.41) is 0. The summed E-state index contributed by atoms with van der Waals surface area (Å²) in [6, 6.07) is 6.26. The number of hydrogen-bond acceptors (Lipinski definition) is 3. The van der Waals surface area contributed by atoms with E-state index in [-0.39, 0.29) is 17.2 Å². The summed E-state index contributed by atoms with van der Waals surface area (Å²) >= 11 is 0. The molecule has 0 N–H and O–H groups in total. The summed E-state index contributed by atoms with van der Waals surface area (Å²) < 4.78 is 15.1. The number of benzene rings is 1. The summed E-state index contributed by atoms with van der Waals surface area (Å²) in [5.41, 5.74) is 3.56. The van der Waals surface area contributed by atoms with Gasteiger partial charge in [-0.15, -0.1) is 0 Å². The molecule has 1 saturated heterocycles. The fraction of sp³-hybridized carbons (Fsp3) is 0.550. The van der Waals surface area contributed by atoms with Crippen LogP contribution in [-0.4, -0.2) is 27.6 Å². The van der Waals surface area contributed by atoms with Gasteiger partial charge in [0, 0.05) is 13.1 Å². The Labute approximate surface area is 147 Å². The van der Waals surface area contributed by atoms with E-state index in [9.17, 15) is 4.79 Å². The van der Waals surface area contributed by atoms with Crippen LogP contribution >= 0.6 is 0 Å². The first kappa shape index (κ1) is 16.6. The van der Waals surface area contributed by atoms with Gasteiger partial charge in [0.05, 0.1) is 17.6 Å². The van der Waals surface area contributed by atoms with Crippen LogP contribution in [0.5, 0.6) is 0 Å². The molecule has 0 bridgehead atoms. The largest absolute Gasteiger partial charge is 0.347 e. The fourth-order valence-corrected chi connectivity index (χ4v) is 3.96. The van der Waals surface area contributed by atoms with Crippen molar-refractivity contribution in [3.05, 3.63) is 46.4 Å². The highest BCUT2D eigenvalue weighted by Crippen LogP contribution is 2.36. The third-order valence-corrected chi connectivity index (χ3v) is 5.40. The smallest absolute Gasteiger partial charge is 0.329 e. The number of aryl methyl sites for hydroxylation is 1. The van der Waals surface area contributed by atoms with Gasteiger partial charge >= 0.3 is 5.69 Å². The summed E-state index contributed by atoms with van der Waals surface area (Å²) in [7, 11) is 0. The topological polar surface area (TPSA) is 45.4 Å². The van der Waals surface area contributed by atoms with Crippen LogP contribution in [0.4, 0.5) is 0 Å². The highest BCUT2D eigenvalue weighted by molar-refractivity contribution is 5.81. The van der Waals surface area contributed by atoms with Crippen molar-refractivity contribution in [3.8, 4) is 0 Å². The number of aromatic nitrogens is 2. The number of para-hydroxylation sites is 1. The lowest BCUT2D eigenvalue weighted by molar-refractivity contribution is -0.133. The summed E-state index contributed by atoms with van der Waals surface area (Å²) in [6.07, 6.45) is 4.94. The van der Waals surface area contributed by atoms with Gasteiger partial charge in [-0.3, -0.25) is 9.13 Å². The second kappa shape index (κ2) is 5.58. The normalized spacial score (nSPS) is 24.4. The Balaban J connectivity index is 1.67. The van der Waals surface area contributed by atoms with Crippen LogP contribution in [-0.2, 0) is 28.0 Å². The summed E-state index contributed by atoms with van der Waals surface area (Å²) in [4.78, 5) is 12.9. The van der Waals surface area contributed by atoms with E-state index in [0.29, 0.717) is 13.2 Å². The van der Waals surface area contributed by atoms with Gasteiger partial charge in [-0.25, -0.2) is 4.79 Å². The minimum Gasteiger partial charge on any atom is -0.347 e. The van der Waals surface area contributed by atoms with Gasteiger partial charge in [0.2, 0.25) is 0 Å². The Kier molecular flexibility index (Phi) is 3.71. The van der Waals surface area contributed by atoms with Crippen LogP contribution in [0.2, 0.25) is 0 Å². The van der Waals surface area contributed by atoms with Crippen molar-refractivity contribution in [1.82, 2.24) is 9.13 Å². The molecule has 1 fully saturated rings. The number of ether oxygens (including phenoxy) is 2. The highest BCUT2D eigenvalue weighted by atomic mass is 16.7. The van der Waals surface area contributed by atoms with Gasteiger partial charge in [-0.05, 0) is 37.3 Å². The molecule has 2 aromatic rings. The molecule has 1 aromatic carbocycles. The van der Waals surface area contributed by atoms with E-state index in [4.69, 9.17) is 9.47 Å². The Morgan fingerprint density at radius 1 is 1.28 bits per heavy atom. The third-order valence-electron chi connectivity index (χ3n) is 5.40. The first-order valence-electron chi connectivity index (χ1n) is 8.99. The molecule has 134 valence electrons. The highest BCUT2D eigenvalue weighted by Gasteiger charge is 2.32. The minimum absolute atomic E-state index is 0.0516. The summed E-state index contributed by atoms with van der Waals surface area (Å²) in [6.45, 7) is 10.2. The quantitative estimate of drug-likeness (QED) is 0.805. The van der Waals surface area contributed by atoms with Gasteiger partial charge in [-0.2, -0.15) is 0 Å². The average molecular weight is 342 g/mol. The second-order valence-corrected chi connectivity index (χ2v) is 8.15. The molecule has 5 nitrogen and oxygen atoms in total. The Bertz CT molecular complexity index is 902. The van der Waals surface area contributed by atoms with Crippen molar-refractivity contribution in [3.63, 3.8) is 0 Å². The molecule has 4 rings (SSSR count). The van der Waals surface area contributed by atoms with Crippen molar-refractivity contribution in [2.45, 2.75) is 64.5 Å². The van der Waals surface area contributed by atoms with E-state index in [1.54, 1.807) is 0 Å². The first-order valence-corrected chi connectivity index (χ1v) is 8.99. The molecule has 0 aliphatic carbocycles. The van der Waals surface area contributed by atoms with Crippen molar-refractivity contribution in [2.75, 3.05) is 6.61 Å². The van der Waals surface area contributed by atoms with Gasteiger partial charge in [0.1, 0.15) is 6.10 Å². The fourth-order valence-electron chi connectivity index (χ4n) is 3.96. The number of hydrogen-bond donors (Lipinski definition) is 0. The molecule has 2 aliphatic rings. The number of nitrogens with zero attached hydrogens (tertiary/aromatic N) is 2. The summed E-state index contributed by atoms with van der Waals surface area (Å²) in [5.74, 6) is -0.527. The monoisotopic (exact) mass is 342 g/mol. The van der Waals surface area contributed by atoms with E-state index in [1.807, 2.05) is 41.2 Å². The molecule has 0 spiro atoms. The standard InChI is InChI=1S/C20H26N2O3/c1-19(2)10-12-22-17-15(19)8-5-9-16(17)21(18(22)23)11-6-7-14-13-24-20(3,4)25-14/h5-9,14H,10-13H2,1-4H3/b7-6+/t14-/m0/s1. The zero-order chi connectivity index (χ0) is 17.8. The second-order valence-electron chi connectivity index (χ2n) is 8.15. The Morgan fingerprint density at radius 2 is 2.08 bits per heavy atom. The molecule has 1 aromatic heterocycles. The zero-order valence-corrected chi connectivity index (χ0v) is 15.4. The Hall–Kier alpha value is -1.85. The molecule has 0 saturated carbocycles. The third kappa shape index (κ3) is 2.75. The predicted octanol–water partition coefficient (Wildman–Crippen LogP) is 3.19.